The molecule has 1 aromatic carbocycles. The Morgan fingerprint density at radius 3 is 2.59 bits per heavy atom. The highest BCUT2D eigenvalue weighted by Crippen LogP contribution is 2.29. The highest BCUT2D eigenvalue weighted by molar-refractivity contribution is 7.15. The number of anilines is 1. The van der Waals surface area contributed by atoms with Crippen molar-refractivity contribution in [2.45, 2.75) is 44.1 Å². The maximum atomic E-state index is 12.9. The van der Waals surface area contributed by atoms with Gasteiger partial charge in [-0.1, -0.05) is 12.1 Å². The minimum absolute atomic E-state index is 0.0753. The second-order valence-corrected chi connectivity index (χ2v) is 10.6. The van der Waals surface area contributed by atoms with Gasteiger partial charge in [0.05, 0.1) is 38.9 Å². The van der Waals surface area contributed by atoms with Gasteiger partial charge in [0.15, 0.2) is 5.13 Å². The molecule has 0 radical (unpaired) electrons. The van der Waals surface area contributed by atoms with Crippen LogP contribution in [0, 0.1) is 0 Å². The fourth-order valence-electron chi connectivity index (χ4n) is 4.57. The van der Waals surface area contributed by atoms with Crippen molar-refractivity contribution in [3.8, 4) is 5.75 Å². The average Bonchev–Trinajstić information content (AvgIpc) is 3.48. The largest absolute Gasteiger partial charge is 0.496 e. The Bertz CT molecular complexity index is 1240. The first-order chi connectivity index (χ1) is 18.6. The van der Waals surface area contributed by atoms with Gasteiger partial charge in [0.25, 0.3) is 0 Å². The van der Waals surface area contributed by atoms with E-state index in [1.165, 1.54) is 23.2 Å². The summed E-state index contributed by atoms with van der Waals surface area (Å²) in [5, 5.41) is 31.8. The summed E-state index contributed by atoms with van der Waals surface area (Å²) in [5.41, 5.74) is 1.69. The van der Waals surface area contributed by atoms with Crippen LogP contribution in [0.15, 0.2) is 24.4 Å². The summed E-state index contributed by atoms with van der Waals surface area (Å²) in [6.45, 7) is 0.548. The molecule has 14 heteroatoms. The zero-order valence-corrected chi connectivity index (χ0v) is 22.4. The Morgan fingerprint density at radius 1 is 1.05 bits per heavy atom. The lowest BCUT2D eigenvalue weighted by Gasteiger charge is -2.26. The number of aliphatic hydroxyl groups excluding tert-OH is 2. The molecule has 4 bridgehead atoms. The SMILES string of the molecule is COc1ccc2cc1Cc1cnc(s1)NCC(=O)N[C@@H](C)C(=O)NCC(=O)NCC(=O)N1C[C@H](O)[C@@H](O)[C@H]1C2. The van der Waals surface area contributed by atoms with Crippen molar-refractivity contribution in [1.29, 1.82) is 0 Å². The van der Waals surface area contributed by atoms with Crippen LogP contribution in [0.25, 0.3) is 0 Å². The van der Waals surface area contributed by atoms with Gasteiger partial charge in [-0.2, -0.15) is 0 Å². The van der Waals surface area contributed by atoms with Crippen LogP contribution in [0.1, 0.15) is 22.9 Å². The standard InChI is InChI=1S/C25H32N6O7S/c1-13-24(37)27-9-20(33)26-11-22(35)31-12-18(32)23(36)17(31)6-14-3-4-19(38-2)15(5-14)7-16-8-28-25(39-16)29-10-21(34)30-13/h3-5,8,13,17-18,23,32,36H,6-7,9-12H2,1-2H3,(H,26,33)(H,27,37)(H,28,29)(H,30,34)/t13-,17+,18-,23-/m0/s1. The third-order valence-electron chi connectivity index (χ3n) is 6.63. The van der Waals surface area contributed by atoms with Crippen molar-refractivity contribution in [3.05, 3.63) is 40.4 Å². The van der Waals surface area contributed by atoms with Crippen LogP contribution in [0.5, 0.6) is 5.75 Å². The molecule has 3 heterocycles. The molecule has 6 N–H and O–H groups in total. The lowest BCUT2D eigenvalue weighted by atomic mass is 9.98. The normalized spacial score (nSPS) is 25.3. The lowest BCUT2D eigenvalue weighted by molar-refractivity contribution is -0.134. The molecule has 13 nitrogen and oxygen atoms in total. The fraction of sp³-hybridized carbons (Fsp3) is 0.480. The number of aromatic nitrogens is 1. The lowest BCUT2D eigenvalue weighted by Crippen LogP contribution is -2.50. The number of nitrogens with zero attached hydrogens (tertiary/aromatic N) is 2. The van der Waals surface area contributed by atoms with Crippen LogP contribution in [-0.4, -0.2) is 101 Å². The van der Waals surface area contributed by atoms with Gasteiger partial charge < -0.3 is 41.1 Å². The van der Waals surface area contributed by atoms with Crippen molar-refractivity contribution in [3.63, 3.8) is 0 Å². The van der Waals surface area contributed by atoms with Gasteiger partial charge in [-0.25, -0.2) is 4.98 Å². The molecule has 2 aromatic rings. The van der Waals surface area contributed by atoms with Gasteiger partial charge in [0.1, 0.15) is 17.9 Å². The molecule has 4 atom stereocenters. The van der Waals surface area contributed by atoms with Crippen LogP contribution < -0.4 is 26.0 Å². The first-order valence-corrected chi connectivity index (χ1v) is 13.3. The zero-order valence-electron chi connectivity index (χ0n) is 21.6. The maximum Gasteiger partial charge on any atom is 0.242 e. The number of ether oxygens (including phenoxy) is 1. The molecule has 2 aliphatic rings. The first-order valence-electron chi connectivity index (χ1n) is 12.5. The van der Waals surface area contributed by atoms with E-state index in [9.17, 15) is 29.4 Å². The van der Waals surface area contributed by atoms with Gasteiger partial charge in [-0.3, -0.25) is 19.2 Å². The number of rotatable bonds is 1. The molecule has 39 heavy (non-hydrogen) atoms. The van der Waals surface area contributed by atoms with Crippen LogP contribution >= 0.6 is 11.3 Å². The molecular formula is C25H32N6O7S. The molecule has 1 saturated heterocycles. The predicted molar refractivity (Wildman–Crippen MR) is 141 cm³/mol. The molecule has 4 amide bonds. The zero-order chi connectivity index (χ0) is 28.1. The number of aliphatic hydroxyl groups is 2. The Kier molecular flexibility index (Phi) is 8.99. The number of thiazole rings is 1. The van der Waals surface area contributed by atoms with E-state index in [0.717, 1.165) is 16.0 Å². The summed E-state index contributed by atoms with van der Waals surface area (Å²) >= 11 is 1.37. The molecule has 0 saturated carbocycles. The maximum absolute atomic E-state index is 12.9. The molecule has 0 spiro atoms. The number of nitrogens with one attached hydrogen (secondary N) is 4. The van der Waals surface area contributed by atoms with Crippen molar-refractivity contribution in [1.82, 2.24) is 25.8 Å². The van der Waals surface area contributed by atoms with Gasteiger partial charge in [0, 0.05) is 24.0 Å². The van der Waals surface area contributed by atoms with Gasteiger partial charge >= 0.3 is 0 Å². The number of methoxy groups -OCH3 is 1. The molecule has 0 unspecified atom stereocenters. The van der Waals surface area contributed by atoms with Gasteiger partial charge in [0.2, 0.25) is 23.6 Å². The molecule has 4 rings (SSSR count). The number of carbonyl (C=O) groups is 4. The highest BCUT2D eigenvalue weighted by Gasteiger charge is 2.42. The molecule has 2 aliphatic heterocycles. The van der Waals surface area contributed by atoms with Crippen LogP contribution in [0.3, 0.4) is 0 Å². The van der Waals surface area contributed by atoms with E-state index < -0.39 is 54.5 Å². The minimum Gasteiger partial charge on any atom is -0.496 e. The summed E-state index contributed by atoms with van der Waals surface area (Å²) in [6.07, 6.45) is 0.176. The quantitative estimate of drug-likeness (QED) is 0.239. The van der Waals surface area contributed by atoms with Crippen LogP contribution in [0.2, 0.25) is 0 Å². The number of carbonyl (C=O) groups excluding carboxylic acids is 4. The smallest absolute Gasteiger partial charge is 0.242 e. The number of fused-ring (bicyclic) bond motifs is 5. The summed E-state index contributed by atoms with van der Waals surface area (Å²) in [5.74, 6) is -1.41. The van der Waals surface area contributed by atoms with E-state index in [1.807, 2.05) is 18.2 Å². The summed E-state index contributed by atoms with van der Waals surface area (Å²) in [4.78, 5) is 56.4. The van der Waals surface area contributed by atoms with Crippen molar-refractivity contribution in [2.75, 3.05) is 38.6 Å². The molecule has 1 aromatic heterocycles. The summed E-state index contributed by atoms with van der Waals surface area (Å²) in [7, 11) is 1.57. The number of benzene rings is 1. The van der Waals surface area contributed by atoms with Gasteiger partial charge in [-0.05, 0) is 30.5 Å². The fourth-order valence-corrected chi connectivity index (χ4v) is 5.40. The minimum atomic E-state index is -1.16. The number of amides is 4. The van der Waals surface area contributed by atoms with E-state index >= 15 is 0 Å². The molecular weight excluding hydrogens is 528 g/mol. The monoisotopic (exact) mass is 560 g/mol. The third-order valence-corrected chi connectivity index (χ3v) is 7.59. The first kappa shape index (κ1) is 28.3. The Labute approximate surface area is 228 Å². The van der Waals surface area contributed by atoms with Crippen molar-refractivity contribution >= 4 is 40.1 Å². The Hall–Kier alpha value is -3.75. The third kappa shape index (κ3) is 7.02. The van der Waals surface area contributed by atoms with Gasteiger partial charge in [-0.15, -0.1) is 11.3 Å². The van der Waals surface area contributed by atoms with E-state index in [1.54, 1.807) is 13.3 Å². The second kappa shape index (κ2) is 12.4. The topological polar surface area (TPSA) is 182 Å². The van der Waals surface area contributed by atoms with E-state index in [-0.39, 0.29) is 26.1 Å². The highest BCUT2D eigenvalue weighted by atomic mass is 32.1. The molecule has 1 fully saturated rings. The summed E-state index contributed by atoms with van der Waals surface area (Å²) < 4.78 is 5.53. The predicted octanol–water partition coefficient (Wildman–Crippen LogP) is -1.62. The van der Waals surface area contributed by atoms with Crippen molar-refractivity contribution in [2.24, 2.45) is 0 Å². The van der Waals surface area contributed by atoms with Crippen LogP contribution in [0.4, 0.5) is 5.13 Å². The van der Waals surface area contributed by atoms with E-state index in [0.29, 0.717) is 17.3 Å². The van der Waals surface area contributed by atoms with Crippen LogP contribution in [-0.2, 0) is 32.0 Å². The van der Waals surface area contributed by atoms with E-state index in [2.05, 4.69) is 26.3 Å². The number of hydrogen-bond acceptors (Lipinski definition) is 10. The average molecular weight is 561 g/mol. The van der Waals surface area contributed by atoms with E-state index in [4.69, 9.17) is 4.74 Å². The van der Waals surface area contributed by atoms with Crippen molar-refractivity contribution < 1.29 is 34.1 Å². The molecule has 210 valence electrons. The Balaban J connectivity index is 1.59. The Morgan fingerprint density at radius 2 is 1.82 bits per heavy atom. The molecule has 0 aliphatic carbocycles. The summed E-state index contributed by atoms with van der Waals surface area (Å²) in [6, 6.07) is 3.98. The number of hydrogen-bond donors (Lipinski definition) is 6. The second-order valence-electron chi connectivity index (χ2n) is 9.47.